The number of esters is 1. The maximum atomic E-state index is 11.6. The standard InChI is InChI=1S/C12H15NO4/c1-7-9(5-6-10(14)15)11(12(16)17-4)8(2)13(7)3/h5-6H,1-4H3,(H,14,15)/b6-5+. The maximum Gasteiger partial charge on any atom is 0.340 e. The van der Waals surface area contributed by atoms with Crippen molar-refractivity contribution >= 4 is 18.0 Å². The van der Waals surface area contributed by atoms with Crippen LogP contribution in [0, 0.1) is 13.8 Å². The van der Waals surface area contributed by atoms with E-state index in [1.165, 1.54) is 13.2 Å². The summed E-state index contributed by atoms with van der Waals surface area (Å²) < 4.78 is 6.53. The number of carbonyl (C=O) groups excluding carboxylic acids is 1. The van der Waals surface area contributed by atoms with Gasteiger partial charge in [-0.05, 0) is 19.9 Å². The third kappa shape index (κ3) is 2.38. The molecule has 5 nitrogen and oxygen atoms in total. The van der Waals surface area contributed by atoms with Crippen molar-refractivity contribution in [3.63, 3.8) is 0 Å². The Morgan fingerprint density at radius 3 is 2.35 bits per heavy atom. The summed E-state index contributed by atoms with van der Waals surface area (Å²) in [5.74, 6) is -1.52. The number of hydrogen-bond donors (Lipinski definition) is 1. The van der Waals surface area contributed by atoms with Crippen LogP contribution in [0.4, 0.5) is 0 Å². The number of aliphatic carboxylic acids is 1. The van der Waals surface area contributed by atoms with E-state index in [9.17, 15) is 9.59 Å². The monoisotopic (exact) mass is 237 g/mol. The smallest absolute Gasteiger partial charge is 0.340 e. The van der Waals surface area contributed by atoms with Gasteiger partial charge in [-0.3, -0.25) is 0 Å². The molecule has 92 valence electrons. The lowest BCUT2D eigenvalue weighted by molar-refractivity contribution is -0.131. The Bertz CT molecular complexity index is 497. The molecule has 0 unspecified atom stereocenters. The third-order valence-electron chi connectivity index (χ3n) is 2.81. The molecule has 1 N–H and O–H groups in total. The van der Waals surface area contributed by atoms with E-state index in [4.69, 9.17) is 9.84 Å². The van der Waals surface area contributed by atoms with Crippen LogP contribution in [0.2, 0.25) is 0 Å². The van der Waals surface area contributed by atoms with Crippen LogP contribution in [0.5, 0.6) is 0 Å². The number of carboxylic acid groups (broad SMARTS) is 1. The highest BCUT2D eigenvalue weighted by Crippen LogP contribution is 2.23. The van der Waals surface area contributed by atoms with E-state index in [0.29, 0.717) is 11.1 Å². The Morgan fingerprint density at radius 2 is 1.88 bits per heavy atom. The van der Waals surface area contributed by atoms with Gasteiger partial charge in [0, 0.05) is 30.1 Å². The molecule has 0 spiro atoms. The van der Waals surface area contributed by atoms with E-state index >= 15 is 0 Å². The topological polar surface area (TPSA) is 68.5 Å². The van der Waals surface area contributed by atoms with Gasteiger partial charge in [-0.15, -0.1) is 0 Å². The van der Waals surface area contributed by atoms with Crippen LogP contribution < -0.4 is 0 Å². The van der Waals surface area contributed by atoms with Gasteiger partial charge in [0.25, 0.3) is 0 Å². The zero-order chi connectivity index (χ0) is 13.2. The number of rotatable bonds is 3. The van der Waals surface area contributed by atoms with Crippen molar-refractivity contribution in [2.75, 3.05) is 7.11 Å². The van der Waals surface area contributed by atoms with Crippen LogP contribution in [-0.4, -0.2) is 28.7 Å². The molecule has 0 atom stereocenters. The van der Waals surface area contributed by atoms with Crippen molar-refractivity contribution in [2.24, 2.45) is 7.05 Å². The largest absolute Gasteiger partial charge is 0.478 e. The predicted molar refractivity (Wildman–Crippen MR) is 62.9 cm³/mol. The summed E-state index contributed by atoms with van der Waals surface area (Å²) >= 11 is 0. The van der Waals surface area contributed by atoms with E-state index in [0.717, 1.165) is 17.5 Å². The fourth-order valence-electron chi connectivity index (χ4n) is 1.69. The van der Waals surface area contributed by atoms with Gasteiger partial charge in [0.1, 0.15) is 0 Å². The highest BCUT2D eigenvalue weighted by Gasteiger charge is 2.20. The molecule has 0 amide bonds. The second kappa shape index (κ2) is 4.86. The molecule has 0 aliphatic rings. The van der Waals surface area contributed by atoms with Crippen molar-refractivity contribution in [1.82, 2.24) is 4.57 Å². The van der Waals surface area contributed by atoms with Gasteiger partial charge < -0.3 is 14.4 Å². The van der Waals surface area contributed by atoms with Crippen LogP contribution in [0.15, 0.2) is 6.08 Å². The van der Waals surface area contributed by atoms with E-state index in [-0.39, 0.29) is 0 Å². The van der Waals surface area contributed by atoms with Gasteiger partial charge >= 0.3 is 11.9 Å². The fourth-order valence-corrected chi connectivity index (χ4v) is 1.69. The van der Waals surface area contributed by atoms with Crippen LogP contribution in [0.25, 0.3) is 6.08 Å². The Labute approximate surface area is 99.3 Å². The van der Waals surface area contributed by atoms with Crippen LogP contribution >= 0.6 is 0 Å². The van der Waals surface area contributed by atoms with Gasteiger partial charge in [-0.25, -0.2) is 9.59 Å². The summed E-state index contributed by atoms with van der Waals surface area (Å²) in [5.41, 5.74) is 2.56. The van der Waals surface area contributed by atoms with Crippen molar-refractivity contribution in [3.05, 3.63) is 28.6 Å². The molecule has 0 fully saturated rings. The maximum absolute atomic E-state index is 11.6. The third-order valence-corrected chi connectivity index (χ3v) is 2.81. The lowest BCUT2D eigenvalue weighted by Gasteiger charge is -2.00. The van der Waals surface area contributed by atoms with Gasteiger partial charge in [0.2, 0.25) is 0 Å². The molecule has 0 aliphatic heterocycles. The summed E-state index contributed by atoms with van der Waals surface area (Å²) in [7, 11) is 3.12. The average molecular weight is 237 g/mol. The highest BCUT2D eigenvalue weighted by atomic mass is 16.5. The normalized spacial score (nSPS) is 10.8. The minimum atomic E-state index is -1.05. The summed E-state index contributed by atoms with van der Waals surface area (Å²) in [6.07, 6.45) is 2.42. The van der Waals surface area contributed by atoms with E-state index in [2.05, 4.69) is 0 Å². The first-order valence-electron chi connectivity index (χ1n) is 5.05. The molecular formula is C12H15NO4. The summed E-state index contributed by atoms with van der Waals surface area (Å²) in [4.78, 5) is 22.2. The number of carbonyl (C=O) groups is 2. The molecule has 0 saturated carbocycles. The quantitative estimate of drug-likeness (QED) is 0.639. The fraction of sp³-hybridized carbons (Fsp3) is 0.333. The molecule has 0 radical (unpaired) electrons. The first-order valence-corrected chi connectivity index (χ1v) is 5.05. The summed E-state index contributed by atoms with van der Waals surface area (Å²) in [6, 6.07) is 0. The zero-order valence-electron chi connectivity index (χ0n) is 10.3. The highest BCUT2D eigenvalue weighted by molar-refractivity contribution is 5.97. The number of aromatic nitrogens is 1. The molecule has 0 aromatic carbocycles. The number of ether oxygens (including phenoxy) is 1. The van der Waals surface area contributed by atoms with E-state index in [1.54, 1.807) is 6.92 Å². The van der Waals surface area contributed by atoms with Gasteiger partial charge in [-0.2, -0.15) is 0 Å². The van der Waals surface area contributed by atoms with Gasteiger partial charge in [0.05, 0.1) is 12.7 Å². The second-order valence-electron chi connectivity index (χ2n) is 3.68. The first-order chi connectivity index (χ1) is 7.90. The van der Waals surface area contributed by atoms with Crippen molar-refractivity contribution in [1.29, 1.82) is 0 Å². The molecule has 17 heavy (non-hydrogen) atoms. The lowest BCUT2D eigenvalue weighted by Crippen LogP contribution is -2.04. The number of methoxy groups -OCH3 is 1. The van der Waals surface area contributed by atoms with E-state index in [1.807, 2.05) is 18.5 Å². The Morgan fingerprint density at radius 1 is 1.29 bits per heavy atom. The van der Waals surface area contributed by atoms with Crippen molar-refractivity contribution in [3.8, 4) is 0 Å². The van der Waals surface area contributed by atoms with Crippen molar-refractivity contribution in [2.45, 2.75) is 13.8 Å². The van der Waals surface area contributed by atoms with Crippen molar-refractivity contribution < 1.29 is 19.4 Å². The molecule has 1 heterocycles. The van der Waals surface area contributed by atoms with Gasteiger partial charge in [0.15, 0.2) is 0 Å². The SMILES string of the molecule is COC(=O)c1c(/C=C/C(=O)O)c(C)n(C)c1C. The zero-order valence-corrected chi connectivity index (χ0v) is 10.3. The Kier molecular flexibility index (Phi) is 3.73. The molecular weight excluding hydrogens is 222 g/mol. The van der Waals surface area contributed by atoms with Crippen LogP contribution in [-0.2, 0) is 16.6 Å². The van der Waals surface area contributed by atoms with Crippen LogP contribution in [0.3, 0.4) is 0 Å². The average Bonchev–Trinajstić information content (AvgIpc) is 2.50. The molecule has 1 aromatic rings. The summed E-state index contributed by atoms with van der Waals surface area (Å²) in [6.45, 7) is 3.61. The van der Waals surface area contributed by atoms with Crippen LogP contribution in [0.1, 0.15) is 27.3 Å². The predicted octanol–water partition coefficient (Wildman–Crippen LogP) is 1.53. The minimum absolute atomic E-state index is 0.407. The minimum Gasteiger partial charge on any atom is -0.478 e. The molecule has 0 bridgehead atoms. The first kappa shape index (κ1) is 13.0. The lowest BCUT2D eigenvalue weighted by atomic mass is 10.1. The molecule has 5 heteroatoms. The molecule has 0 aliphatic carbocycles. The second-order valence-corrected chi connectivity index (χ2v) is 3.68. The Balaban J connectivity index is 3.41. The van der Waals surface area contributed by atoms with E-state index < -0.39 is 11.9 Å². The molecule has 1 rings (SSSR count). The van der Waals surface area contributed by atoms with Gasteiger partial charge in [-0.1, -0.05) is 0 Å². The molecule has 1 aromatic heterocycles. The number of carboxylic acids is 1. The molecule has 0 saturated heterocycles. The number of hydrogen-bond acceptors (Lipinski definition) is 3. The Hall–Kier alpha value is -2.04. The summed E-state index contributed by atoms with van der Waals surface area (Å²) in [5, 5.41) is 8.62. The number of nitrogens with zero attached hydrogens (tertiary/aromatic N) is 1.